The largest absolute Gasteiger partial charge is 0.394 e. The average molecular weight is 359 g/mol. The first-order chi connectivity index (χ1) is 11.7. The SMILES string of the molecule is CCCCCCCCC[Si](CCCCCCCC)(OCC)OCC. The van der Waals surface area contributed by atoms with Crippen LogP contribution in [0.4, 0.5) is 0 Å². The average Bonchev–Trinajstić information content (AvgIpc) is 2.58. The molecule has 0 atom stereocenters. The summed E-state index contributed by atoms with van der Waals surface area (Å²) in [5, 5.41) is 0. The number of hydrogen-bond donors (Lipinski definition) is 0. The second-order valence-corrected chi connectivity index (χ2v) is 10.6. The Kier molecular flexibility index (Phi) is 18.0. The van der Waals surface area contributed by atoms with E-state index in [1.54, 1.807) is 0 Å². The second kappa shape index (κ2) is 17.9. The van der Waals surface area contributed by atoms with Crippen molar-refractivity contribution in [2.24, 2.45) is 0 Å². The van der Waals surface area contributed by atoms with Crippen molar-refractivity contribution in [1.82, 2.24) is 0 Å². The number of hydrogen-bond acceptors (Lipinski definition) is 2. The molecule has 0 aromatic heterocycles. The van der Waals surface area contributed by atoms with Crippen LogP contribution in [0.1, 0.15) is 111 Å². The molecule has 0 amide bonds. The van der Waals surface area contributed by atoms with Crippen molar-refractivity contribution in [3.8, 4) is 0 Å². The van der Waals surface area contributed by atoms with Gasteiger partial charge in [-0.3, -0.25) is 0 Å². The number of rotatable bonds is 19. The summed E-state index contributed by atoms with van der Waals surface area (Å²) >= 11 is 0. The maximum absolute atomic E-state index is 6.26. The van der Waals surface area contributed by atoms with Gasteiger partial charge in [0.05, 0.1) is 0 Å². The Morgan fingerprint density at radius 2 is 0.792 bits per heavy atom. The molecule has 24 heavy (non-hydrogen) atoms. The molecule has 0 aliphatic heterocycles. The van der Waals surface area contributed by atoms with Crippen LogP contribution in [0.5, 0.6) is 0 Å². The van der Waals surface area contributed by atoms with E-state index in [1.807, 2.05) is 0 Å². The Bertz CT molecular complexity index is 240. The maximum atomic E-state index is 6.26. The molecule has 0 fully saturated rings. The van der Waals surface area contributed by atoms with E-state index in [9.17, 15) is 0 Å². The fourth-order valence-electron chi connectivity index (χ4n) is 3.51. The van der Waals surface area contributed by atoms with Crippen LogP contribution in [0.25, 0.3) is 0 Å². The van der Waals surface area contributed by atoms with Gasteiger partial charge in [-0.25, -0.2) is 0 Å². The van der Waals surface area contributed by atoms with Gasteiger partial charge in [0, 0.05) is 13.2 Å². The Hall–Kier alpha value is 0.137. The first-order valence-corrected chi connectivity index (χ1v) is 13.3. The molecule has 2 nitrogen and oxygen atoms in total. The summed E-state index contributed by atoms with van der Waals surface area (Å²) in [6.07, 6.45) is 17.7. The lowest BCUT2D eigenvalue weighted by Gasteiger charge is -2.30. The fraction of sp³-hybridized carbons (Fsp3) is 1.00. The monoisotopic (exact) mass is 358 g/mol. The van der Waals surface area contributed by atoms with Crippen LogP contribution in [0.3, 0.4) is 0 Å². The van der Waals surface area contributed by atoms with Gasteiger partial charge in [0.25, 0.3) is 0 Å². The van der Waals surface area contributed by atoms with E-state index in [0.29, 0.717) is 0 Å². The summed E-state index contributed by atoms with van der Waals surface area (Å²) in [7, 11) is -1.94. The molecule has 0 aromatic carbocycles. The van der Waals surface area contributed by atoms with Crippen molar-refractivity contribution in [2.75, 3.05) is 13.2 Å². The minimum Gasteiger partial charge on any atom is -0.394 e. The molecule has 0 saturated carbocycles. The Morgan fingerprint density at radius 3 is 1.12 bits per heavy atom. The van der Waals surface area contributed by atoms with Crippen molar-refractivity contribution >= 4 is 8.56 Å². The molecule has 0 bridgehead atoms. The molecule has 0 aliphatic carbocycles. The van der Waals surface area contributed by atoms with Gasteiger partial charge in [0.2, 0.25) is 0 Å². The highest BCUT2D eigenvalue weighted by molar-refractivity contribution is 6.67. The third-order valence-electron chi connectivity index (χ3n) is 4.89. The highest BCUT2D eigenvalue weighted by atomic mass is 28.4. The van der Waals surface area contributed by atoms with Crippen LogP contribution in [-0.2, 0) is 8.85 Å². The van der Waals surface area contributed by atoms with Crippen LogP contribution < -0.4 is 0 Å². The summed E-state index contributed by atoms with van der Waals surface area (Å²) in [6, 6.07) is 2.41. The predicted molar refractivity (Wildman–Crippen MR) is 110 cm³/mol. The third-order valence-corrected chi connectivity index (χ3v) is 8.75. The van der Waals surface area contributed by atoms with Gasteiger partial charge in [0.1, 0.15) is 0 Å². The first kappa shape index (κ1) is 24.1. The van der Waals surface area contributed by atoms with Gasteiger partial charge in [-0.1, -0.05) is 97.3 Å². The lowest BCUT2D eigenvalue weighted by atomic mass is 10.1. The predicted octanol–water partition coefficient (Wildman–Crippen LogP) is 7.61. The molecule has 3 heteroatoms. The van der Waals surface area contributed by atoms with E-state index in [4.69, 9.17) is 8.85 Å². The third kappa shape index (κ3) is 13.4. The summed E-state index contributed by atoms with van der Waals surface area (Å²) in [5.74, 6) is 0. The van der Waals surface area contributed by atoms with E-state index in [1.165, 1.54) is 95.6 Å². The van der Waals surface area contributed by atoms with Crippen molar-refractivity contribution in [3.05, 3.63) is 0 Å². The van der Waals surface area contributed by atoms with Gasteiger partial charge in [-0.05, 0) is 25.9 Å². The van der Waals surface area contributed by atoms with E-state index in [-0.39, 0.29) is 0 Å². The Labute approximate surface area is 154 Å². The smallest absolute Gasteiger partial charge is 0.338 e. The standard InChI is InChI=1S/C21H46O2Si/c1-5-9-11-13-15-17-19-21-24(22-7-3,23-8-4)20-18-16-14-12-10-6-2/h5-21H2,1-4H3. The lowest BCUT2D eigenvalue weighted by Crippen LogP contribution is -2.42. The minimum absolute atomic E-state index is 0.818. The van der Waals surface area contributed by atoms with Crippen LogP contribution in [-0.4, -0.2) is 21.8 Å². The van der Waals surface area contributed by atoms with Crippen molar-refractivity contribution < 1.29 is 8.85 Å². The fourth-order valence-corrected chi connectivity index (χ4v) is 7.05. The van der Waals surface area contributed by atoms with E-state index in [2.05, 4.69) is 27.7 Å². The molecule has 0 aromatic rings. The van der Waals surface area contributed by atoms with E-state index >= 15 is 0 Å². The Balaban J connectivity index is 4.08. The van der Waals surface area contributed by atoms with Crippen molar-refractivity contribution in [2.45, 2.75) is 123 Å². The molecule has 0 heterocycles. The molecule has 0 aliphatic rings. The quantitative estimate of drug-likeness (QED) is 0.175. The molecule has 0 rings (SSSR count). The highest BCUT2D eigenvalue weighted by Crippen LogP contribution is 2.26. The molecular weight excluding hydrogens is 312 g/mol. The maximum Gasteiger partial charge on any atom is 0.338 e. The van der Waals surface area contributed by atoms with Crippen LogP contribution in [0, 0.1) is 0 Å². The molecule has 0 spiro atoms. The van der Waals surface area contributed by atoms with Crippen LogP contribution in [0.2, 0.25) is 12.1 Å². The van der Waals surface area contributed by atoms with Crippen molar-refractivity contribution in [1.29, 1.82) is 0 Å². The summed E-state index contributed by atoms with van der Waals surface area (Å²) in [6.45, 7) is 10.5. The molecular formula is C21H46O2Si. The van der Waals surface area contributed by atoms with Crippen molar-refractivity contribution in [3.63, 3.8) is 0 Å². The lowest BCUT2D eigenvalue weighted by molar-refractivity contribution is 0.180. The summed E-state index contributed by atoms with van der Waals surface area (Å²) in [5.41, 5.74) is 0. The summed E-state index contributed by atoms with van der Waals surface area (Å²) < 4.78 is 12.5. The second-order valence-electron chi connectivity index (χ2n) is 7.17. The van der Waals surface area contributed by atoms with Gasteiger partial charge < -0.3 is 8.85 Å². The van der Waals surface area contributed by atoms with Gasteiger partial charge in [0.15, 0.2) is 0 Å². The van der Waals surface area contributed by atoms with E-state index < -0.39 is 8.56 Å². The Morgan fingerprint density at radius 1 is 0.458 bits per heavy atom. The highest BCUT2D eigenvalue weighted by Gasteiger charge is 2.35. The molecule has 0 saturated heterocycles. The minimum atomic E-state index is -1.94. The van der Waals surface area contributed by atoms with Gasteiger partial charge in [-0.2, -0.15) is 0 Å². The molecule has 0 unspecified atom stereocenters. The molecule has 0 radical (unpaired) electrons. The normalized spacial score (nSPS) is 12.0. The zero-order valence-corrected chi connectivity index (χ0v) is 18.3. The molecule has 0 N–H and O–H groups in total. The zero-order valence-electron chi connectivity index (χ0n) is 17.3. The topological polar surface area (TPSA) is 18.5 Å². The van der Waals surface area contributed by atoms with Crippen LogP contribution >= 0.6 is 0 Å². The number of unbranched alkanes of at least 4 members (excludes halogenated alkanes) is 11. The first-order valence-electron chi connectivity index (χ1n) is 11.0. The zero-order chi connectivity index (χ0) is 17.9. The van der Waals surface area contributed by atoms with Crippen LogP contribution in [0.15, 0.2) is 0 Å². The molecule has 146 valence electrons. The van der Waals surface area contributed by atoms with Gasteiger partial charge >= 0.3 is 8.56 Å². The summed E-state index contributed by atoms with van der Waals surface area (Å²) in [4.78, 5) is 0. The van der Waals surface area contributed by atoms with E-state index in [0.717, 1.165) is 13.2 Å². The van der Waals surface area contributed by atoms with Gasteiger partial charge in [-0.15, -0.1) is 0 Å².